The van der Waals surface area contributed by atoms with Gasteiger partial charge in [0.2, 0.25) is 0 Å². The van der Waals surface area contributed by atoms with Crippen molar-refractivity contribution in [3.8, 4) is 5.75 Å². The van der Waals surface area contributed by atoms with Crippen molar-refractivity contribution in [1.82, 2.24) is 0 Å². The van der Waals surface area contributed by atoms with Crippen molar-refractivity contribution in [2.45, 2.75) is 18.9 Å². The van der Waals surface area contributed by atoms with Gasteiger partial charge in [-0.25, -0.2) is 0 Å². The molecule has 3 heteroatoms. The predicted octanol–water partition coefficient (Wildman–Crippen LogP) is 1.37. The topological polar surface area (TPSA) is 52.3 Å². The second kappa shape index (κ2) is 3.80. The molecule has 0 aromatic heterocycles. The van der Waals surface area contributed by atoms with Gasteiger partial charge in [-0.05, 0) is 37.1 Å². The lowest BCUT2D eigenvalue weighted by molar-refractivity contribution is 0.100. The largest absolute Gasteiger partial charge is 0.490 e. The Morgan fingerprint density at radius 1 is 1.36 bits per heavy atom. The highest BCUT2D eigenvalue weighted by Gasteiger charge is 2.23. The third kappa shape index (κ3) is 2.12. The Bertz CT molecular complexity index is 328. The van der Waals surface area contributed by atoms with E-state index >= 15 is 0 Å². The summed E-state index contributed by atoms with van der Waals surface area (Å²) in [6.45, 7) is 0.0584. The maximum atomic E-state index is 11.2. The molecule has 3 nitrogen and oxygen atoms in total. The Morgan fingerprint density at radius 2 is 2.00 bits per heavy atom. The van der Waals surface area contributed by atoms with Gasteiger partial charge in [0.25, 0.3) is 0 Å². The van der Waals surface area contributed by atoms with Crippen molar-refractivity contribution in [2.24, 2.45) is 5.73 Å². The quantitative estimate of drug-likeness (QED) is 0.731. The average Bonchev–Trinajstić information content (AvgIpc) is 3.02. The van der Waals surface area contributed by atoms with E-state index in [1.54, 1.807) is 12.1 Å². The van der Waals surface area contributed by atoms with E-state index < -0.39 is 0 Å². The summed E-state index contributed by atoms with van der Waals surface area (Å²) in [5.74, 6) is 0.795. The van der Waals surface area contributed by atoms with Crippen LogP contribution in [-0.2, 0) is 0 Å². The van der Waals surface area contributed by atoms with Crippen molar-refractivity contribution < 1.29 is 9.53 Å². The third-order valence-electron chi connectivity index (χ3n) is 2.19. The average molecular weight is 191 g/mol. The standard InChI is InChI=1S/C11H13NO2/c12-7-11(13)8-1-3-9(4-2-8)14-10-5-6-10/h1-4,10H,5-7,12H2. The SMILES string of the molecule is NCC(=O)c1ccc(OC2CC2)cc1. The number of hydrogen-bond acceptors (Lipinski definition) is 3. The fraction of sp³-hybridized carbons (Fsp3) is 0.364. The van der Waals surface area contributed by atoms with Crippen LogP contribution in [0.4, 0.5) is 0 Å². The van der Waals surface area contributed by atoms with E-state index in [1.807, 2.05) is 12.1 Å². The van der Waals surface area contributed by atoms with Crippen LogP contribution in [0.25, 0.3) is 0 Å². The Labute approximate surface area is 82.9 Å². The lowest BCUT2D eigenvalue weighted by atomic mass is 10.1. The summed E-state index contributed by atoms with van der Waals surface area (Å²) in [6, 6.07) is 7.16. The molecular weight excluding hydrogens is 178 g/mol. The van der Waals surface area contributed by atoms with Gasteiger partial charge >= 0.3 is 0 Å². The molecule has 0 saturated heterocycles. The number of carbonyl (C=O) groups excluding carboxylic acids is 1. The van der Waals surface area contributed by atoms with Crippen LogP contribution < -0.4 is 10.5 Å². The van der Waals surface area contributed by atoms with Gasteiger partial charge in [0.05, 0.1) is 12.6 Å². The maximum Gasteiger partial charge on any atom is 0.176 e. The van der Waals surface area contributed by atoms with Gasteiger partial charge < -0.3 is 10.5 Å². The van der Waals surface area contributed by atoms with E-state index in [0.717, 1.165) is 18.6 Å². The van der Waals surface area contributed by atoms with Gasteiger partial charge in [0.1, 0.15) is 5.75 Å². The minimum Gasteiger partial charge on any atom is -0.490 e. The van der Waals surface area contributed by atoms with Gasteiger partial charge in [-0.15, -0.1) is 0 Å². The molecule has 0 spiro atoms. The zero-order valence-electron chi connectivity index (χ0n) is 7.90. The molecule has 0 heterocycles. The first kappa shape index (κ1) is 9.21. The van der Waals surface area contributed by atoms with Crippen molar-refractivity contribution in [2.75, 3.05) is 6.54 Å². The first-order chi connectivity index (χ1) is 6.79. The number of nitrogens with two attached hydrogens (primary N) is 1. The molecule has 0 unspecified atom stereocenters. The van der Waals surface area contributed by atoms with E-state index in [1.165, 1.54) is 0 Å². The van der Waals surface area contributed by atoms with Crippen LogP contribution in [0.3, 0.4) is 0 Å². The molecule has 1 aliphatic carbocycles. The molecule has 0 radical (unpaired) electrons. The minimum atomic E-state index is -0.0389. The van der Waals surface area contributed by atoms with Crippen molar-refractivity contribution in [1.29, 1.82) is 0 Å². The molecule has 1 fully saturated rings. The highest BCUT2D eigenvalue weighted by atomic mass is 16.5. The fourth-order valence-corrected chi connectivity index (χ4v) is 1.22. The monoisotopic (exact) mass is 191 g/mol. The minimum absolute atomic E-state index is 0.0389. The molecule has 0 amide bonds. The van der Waals surface area contributed by atoms with Crippen molar-refractivity contribution in [3.63, 3.8) is 0 Å². The lowest BCUT2D eigenvalue weighted by Gasteiger charge is -2.04. The molecule has 2 N–H and O–H groups in total. The summed E-state index contributed by atoms with van der Waals surface area (Å²) in [7, 11) is 0. The van der Waals surface area contributed by atoms with Gasteiger partial charge in [-0.3, -0.25) is 4.79 Å². The molecule has 1 aromatic carbocycles. The molecule has 0 atom stereocenters. The first-order valence-electron chi connectivity index (χ1n) is 4.79. The van der Waals surface area contributed by atoms with Crippen molar-refractivity contribution >= 4 is 5.78 Å². The lowest BCUT2D eigenvalue weighted by Crippen LogP contribution is -2.13. The summed E-state index contributed by atoms with van der Waals surface area (Å²) in [4.78, 5) is 11.2. The summed E-state index contributed by atoms with van der Waals surface area (Å²) in [6.07, 6.45) is 2.68. The van der Waals surface area contributed by atoms with Crippen LogP contribution in [0.5, 0.6) is 5.75 Å². The van der Waals surface area contributed by atoms with Crippen LogP contribution in [0, 0.1) is 0 Å². The molecular formula is C11H13NO2. The number of hydrogen-bond donors (Lipinski definition) is 1. The maximum absolute atomic E-state index is 11.2. The number of carbonyl (C=O) groups is 1. The number of ether oxygens (including phenoxy) is 1. The van der Waals surface area contributed by atoms with Gasteiger partial charge in [0, 0.05) is 5.56 Å². The van der Waals surface area contributed by atoms with Crippen LogP contribution in [0.1, 0.15) is 23.2 Å². The zero-order chi connectivity index (χ0) is 9.97. The first-order valence-corrected chi connectivity index (χ1v) is 4.79. The number of rotatable bonds is 4. The second-order valence-electron chi connectivity index (χ2n) is 3.47. The molecule has 1 aromatic rings. The van der Waals surface area contributed by atoms with Crippen LogP contribution in [0.15, 0.2) is 24.3 Å². The van der Waals surface area contributed by atoms with Gasteiger partial charge in [-0.1, -0.05) is 0 Å². The van der Waals surface area contributed by atoms with Crippen molar-refractivity contribution in [3.05, 3.63) is 29.8 Å². The second-order valence-corrected chi connectivity index (χ2v) is 3.47. The highest BCUT2D eigenvalue weighted by Crippen LogP contribution is 2.26. The summed E-state index contributed by atoms with van der Waals surface area (Å²) in [5, 5.41) is 0. The van der Waals surface area contributed by atoms with Crippen LogP contribution >= 0.6 is 0 Å². The molecule has 1 aliphatic rings. The molecule has 1 saturated carbocycles. The Morgan fingerprint density at radius 3 is 2.50 bits per heavy atom. The van der Waals surface area contributed by atoms with E-state index in [2.05, 4.69) is 0 Å². The molecule has 14 heavy (non-hydrogen) atoms. The Balaban J connectivity index is 2.04. The number of benzene rings is 1. The molecule has 0 aliphatic heterocycles. The van der Waals surface area contributed by atoms with Crippen LogP contribution in [-0.4, -0.2) is 18.4 Å². The van der Waals surface area contributed by atoms with E-state index in [4.69, 9.17) is 10.5 Å². The van der Waals surface area contributed by atoms with E-state index in [-0.39, 0.29) is 12.3 Å². The Kier molecular flexibility index (Phi) is 2.50. The summed E-state index contributed by atoms with van der Waals surface area (Å²) < 4.78 is 5.55. The highest BCUT2D eigenvalue weighted by molar-refractivity contribution is 5.97. The number of ketones is 1. The summed E-state index contributed by atoms with van der Waals surface area (Å²) >= 11 is 0. The van der Waals surface area contributed by atoms with Gasteiger partial charge in [0.15, 0.2) is 5.78 Å². The third-order valence-corrected chi connectivity index (χ3v) is 2.19. The molecule has 2 rings (SSSR count). The smallest absolute Gasteiger partial charge is 0.176 e. The van der Waals surface area contributed by atoms with Crippen LogP contribution in [0.2, 0.25) is 0 Å². The zero-order valence-corrected chi connectivity index (χ0v) is 7.90. The molecule has 74 valence electrons. The normalized spacial score (nSPS) is 15.2. The Hall–Kier alpha value is -1.35. The van der Waals surface area contributed by atoms with Gasteiger partial charge in [-0.2, -0.15) is 0 Å². The number of Topliss-reactive ketones (excluding diaryl/α,β-unsaturated/α-hetero) is 1. The van der Waals surface area contributed by atoms with E-state index in [9.17, 15) is 4.79 Å². The molecule has 0 bridgehead atoms. The fourth-order valence-electron chi connectivity index (χ4n) is 1.22. The van der Waals surface area contributed by atoms with E-state index in [0.29, 0.717) is 11.7 Å². The summed E-state index contributed by atoms with van der Waals surface area (Å²) in [5.41, 5.74) is 5.90. The predicted molar refractivity (Wildman–Crippen MR) is 53.5 cm³/mol.